The Morgan fingerprint density at radius 3 is 2.43 bits per heavy atom. The number of aromatic carboxylic acids is 1. The number of anilines is 1. The third-order valence-corrected chi connectivity index (χ3v) is 3.44. The van der Waals surface area contributed by atoms with E-state index in [-0.39, 0.29) is 5.56 Å². The fourth-order valence-electron chi connectivity index (χ4n) is 2.23. The van der Waals surface area contributed by atoms with Crippen molar-refractivity contribution in [2.45, 2.75) is 20.4 Å². The van der Waals surface area contributed by atoms with Crippen LogP contribution in [0.3, 0.4) is 0 Å². The fourth-order valence-corrected chi connectivity index (χ4v) is 2.23. The highest BCUT2D eigenvalue weighted by Crippen LogP contribution is 2.20. The van der Waals surface area contributed by atoms with E-state index in [1.54, 1.807) is 0 Å². The maximum atomic E-state index is 13.2. The minimum Gasteiger partial charge on any atom is -0.478 e. The number of carboxylic acid groups (broad SMARTS) is 1. The number of benzene rings is 2. The van der Waals surface area contributed by atoms with Gasteiger partial charge < -0.3 is 10.0 Å². The van der Waals surface area contributed by atoms with Gasteiger partial charge in [0.25, 0.3) is 0 Å². The Morgan fingerprint density at radius 2 is 1.86 bits per heavy atom. The first kappa shape index (κ1) is 15.0. The lowest BCUT2D eigenvalue weighted by atomic mass is 10.1. The van der Waals surface area contributed by atoms with Crippen LogP contribution in [0.4, 0.5) is 10.1 Å². The van der Waals surface area contributed by atoms with Crippen molar-refractivity contribution < 1.29 is 14.3 Å². The number of hydrogen-bond acceptors (Lipinski definition) is 2. The molecule has 0 bridgehead atoms. The number of rotatable bonds is 5. The average molecular weight is 287 g/mol. The second-order valence-electron chi connectivity index (χ2n) is 4.96. The van der Waals surface area contributed by atoms with Crippen LogP contribution >= 0.6 is 0 Å². The summed E-state index contributed by atoms with van der Waals surface area (Å²) in [6, 6.07) is 11.9. The van der Waals surface area contributed by atoms with Crippen LogP contribution in [-0.4, -0.2) is 17.6 Å². The molecule has 0 amide bonds. The molecule has 0 radical (unpaired) electrons. The Balaban J connectivity index is 2.30. The van der Waals surface area contributed by atoms with Gasteiger partial charge in [-0.2, -0.15) is 0 Å². The van der Waals surface area contributed by atoms with Gasteiger partial charge in [0.15, 0.2) is 0 Å². The highest BCUT2D eigenvalue weighted by atomic mass is 19.1. The van der Waals surface area contributed by atoms with Crippen LogP contribution < -0.4 is 4.90 Å². The monoisotopic (exact) mass is 287 g/mol. The normalized spacial score (nSPS) is 10.4. The van der Waals surface area contributed by atoms with Crippen LogP contribution in [0.5, 0.6) is 0 Å². The van der Waals surface area contributed by atoms with E-state index < -0.39 is 11.8 Å². The molecule has 1 N–H and O–H groups in total. The molecule has 2 aromatic rings. The molecule has 0 saturated carbocycles. The number of aryl methyl sites for hydroxylation is 1. The minimum atomic E-state index is -1.11. The number of halogens is 1. The highest BCUT2D eigenvalue weighted by Gasteiger charge is 2.14. The van der Waals surface area contributed by atoms with Crippen molar-refractivity contribution in [3.8, 4) is 0 Å². The molecule has 0 aliphatic carbocycles. The van der Waals surface area contributed by atoms with E-state index in [2.05, 4.69) is 4.90 Å². The van der Waals surface area contributed by atoms with Gasteiger partial charge in [0, 0.05) is 18.8 Å². The second kappa shape index (κ2) is 6.39. The standard InChI is InChI=1S/C17H18FNO2/c1-3-19(15-8-4-12(2)5-9-15)11-13-6-7-14(18)10-16(13)17(20)21/h4-10H,3,11H2,1-2H3,(H,20,21). The lowest BCUT2D eigenvalue weighted by Crippen LogP contribution is -2.23. The summed E-state index contributed by atoms with van der Waals surface area (Å²) in [5.74, 6) is -1.64. The molecule has 3 nitrogen and oxygen atoms in total. The van der Waals surface area contributed by atoms with Gasteiger partial charge in [0.2, 0.25) is 0 Å². The summed E-state index contributed by atoms with van der Waals surface area (Å²) >= 11 is 0. The van der Waals surface area contributed by atoms with Crippen molar-refractivity contribution in [3.05, 3.63) is 65.0 Å². The van der Waals surface area contributed by atoms with Crippen LogP contribution in [0.1, 0.15) is 28.4 Å². The molecule has 2 aromatic carbocycles. The molecule has 0 atom stereocenters. The fraction of sp³-hybridized carbons (Fsp3) is 0.235. The van der Waals surface area contributed by atoms with Gasteiger partial charge >= 0.3 is 5.97 Å². The molecule has 2 rings (SSSR count). The average Bonchev–Trinajstić information content (AvgIpc) is 2.47. The van der Waals surface area contributed by atoms with Crippen molar-refractivity contribution in [3.63, 3.8) is 0 Å². The Hall–Kier alpha value is -2.36. The Morgan fingerprint density at radius 1 is 1.19 bits per heavy atom. The van der Waals surface area contributed by atoms with E-state index in [0.717, 1.165) is 18.3 Å². The number of nitrogens with zero attached hydrogens (tertiary/aromatic N) is 1. The first-order valence-corrected chi connectivity index (χ1v) is 6.84. The van der Waals surface area contributed by atoms with Gasteiger partial charge in [-0.1, -0.05) is 23.8 Å². The lowest BCUT2D eigenvalue weighted by Gasteiger charge is -2.24. The van der Waals surface area contributed by atoms with Gasteiger partial charge in [0.1, 0.15) is 5.82 Å². The summed E-state index contributed by atoms with van der Waals surface area (Å²) in [6.45, 7) is 5.19. The molecule has 0 spiro atoms. The van der Waals surface area contributed by atoms with Crippen LogP contribution in [0.15, 0.2) is 42.5 Å². The van der Waals surface area contributed by atoms with Crippen LogP contribution in [0.2, 0.25) is 0 Å². The summed E-state index contributed by atoms with van der Waals surface area (Å²) in [7, 11) is 0. The first-order chi connectivity index (χ1) is 10.0. The van der Waals surface area contributed by atoms with Crippen molar-refractivity contribution in [2.24, 2.45) is 0 Å². The van der Waals surface area contributed by atoms with E-state index >= 15 is 0 Å². The summed E-state index contributed by atoms with van der Waals surface area (Å²) in [5, 5.41) is 9.20. The maximum absolute atomic E-state index is 13.2. The molecule has 0 aliphatic heterocycles. The molecule has 0 fully saturated rings. The Labute approximate surface area is 123 Å². The molecule has 21 heavy (non-hydrogen) atoms. The van der Waals surface area contributed by atoms with Crippen LogP contribution in [-0.2, 0) is 6.54 Å². The predicted octanol–water partition coefficient (Wildman–Crippen LogP) is 3.86. The summed E-state index contributed by atoms with van der Waals surface area (Å²) < 4.78 is 13.2. The molecule has 4 heteroatoms. The maximum Gasteiger partial charge on any atom is 0.336 e. The van der Waals surface area contributed by atoms with E-state index in [9.17, 15) is 14.3 Å². The van der Waals surface area contributed by atoms with E-state index in [0.29, 0.717) is 12.1 Å². The Bertz CT molecular complexity index is 638. The molecular weight excluding hydrogens is 269 g/mol. The largest absolute Gasteiger partial charge is 0.478 e. The van der Waals surface area contributed by atoms with Crippen molar-refractivity contribution in [1.82, 2.24) is 0 Å². The number of hydrogen-bond donors (Lipinski definition) is 1. The van der Waals surface area contributed by atoms with Crippen molar-refractivity contribution >= 4 is 11.7 Å². The topological polar surface area (TPSA) is 40.5 Å². The van der Waals surface area contributed by atoms with E-state index in [1.165, 1.54) is 17.7 Å². The molecule has 0 aromatic heterocycles. The molecule has 0 heterocycles. The summed E-state index contributed by atoms with van der Waals surface area (Å²) in [5.41, 5.74) is 2.80. The van der Waals surface area contributed by atoms with Crippen molar-refractivity contribution in [2.75, 3.05) is 11.4 Å². The zero-order valence-electron chi connectivity index (χ0n) is 12.1. The number of carboxylic acids is 1. The van der Waals surface area contributed by atoms with Gasteiger partial charge in [-0.25, -0.2) is 9.18 Å². The van der Waals surface area contributed by atoms with Gasteiger partial charge in [-0.3, -0.25) is 0 Å². The SMILES string of the molecule is CCN(Cc1ccc(F)cc1C(=O)O)c1ccc(C)cc1. The molecular formula is C17H18FNO2. The molecule has 0 saturated heterocycles. The third kappa shape index (κ3) is 3.60. The summed E-state index contributed by atoms with van der Waals surface area (Å²) in [6.07, 6.45) is 0. The summed E-state index contributed by atoms with van der Waals surface area (Å²) in [4.78, 5) is 13.3. The predicted molar refractivity (Wildman–Crippen MR) is 81.3 cm³/mol. The van der Waals surface area contributed by atoms with Crippen LogP contribution in [0.25, 0.3) is 0 Å². The first-order valence-electron chi connectivity index (χ1n) is 6.84. The van der Waals surface area contributed by atoms with Gasteiger partial charge in [0.05, 0.1) is 5.56 Å². The highest BCUT2D eigenvalue weighted by molar-refractivity contribution is 5.89. The third-order valence-electron chi connectivity index (χ3n) is 3.44. The second-order valence-corrected chi connectivity index (χ2v) is 4.96. The Kier molecular flexibility index (Phi) is 4.58. The van der Waals surface area contributed by atoms with E-state index in [1.807, 2.05) is 38.1 Å². The zero-order chi connectivity index (χ0) is 15.4. The van der Waals surface area contributed by atoms with Gasteiger partial charge in [-0.15, -0.1) is 0 Å². The molecule has 110 valence electrons. The quantitative estimate of drug-likeness (QED) is 0.907. The van der Waals surface area contributed by atoms with Crippen molar-refractivity contribution in [1.29, 1.82) is 0 Å². The minimum absolute atomic E-state index is 0.0144. The molecule has 0 aliphatic rings. The zero-order valence-corrected chi connectivity index (χ0v) is 12.1. The lowest BCUT2D eigenvalue weighted by molar-refractivity contribution is 0.0695. The van der Waals surface area contributed by atoms with Gasteiger partial charge in [-0.05, 0) is 43.7 Å². The number of carbonyl (C=O) groups is 1. The van der Waals surface area contributed by atoms with E-state index in [4.69, 9.17) is 0 Å². The smallest absolute Gasteiger partial charge is 0.336 e. The van der Waals surface area contributed by atoms with Crippen LogP contribution in [0, 0.1) is 12.7 Å². The molecule has 0 unspecified atom stereocenters.